The molecule has 2 aliphatic rings. The minimum Gasteiger partial charge on any atom is -0.393 e. The average molecular weight is 181 g/mol. The summed E-state index contributed by atoms with van der Waals surface area (Å²) >= 11 is 0. The fourth-order valence-corrected chi connectivity index (χ4v) is 2.19. The van der Waals surface area contributed by atoms with Crippen LogP contribution < -0.4 is 0 Å². The molecule has 0 amide bonds. The van der Waals surface area contributed by atoms with E-state index in [1.165, 1.54) is 63.5 Å². The van der Waals surface area contributed by atoms with E-state index in [1.807, 2.05) is 0 Å². The Morgan fingerprint density at radius 3 is 2.31 bits per heavy atom. The summed E-state index contributed by atoms with van der Waals surface area (Å²) in [7, 11) is 0. The first kappa shape index (κ1) is 9.04. The Labute approximate surface area is 80.3 Å². The van der Waals surface area contributed by atoms with Gasteiger partial charge in [-0.2, -0.15) is 0 Å². The van der Waals surface area contributed by atoms with Crippen molar-refractivity contribution >= 4 is 5.71 Å². The molecule has 0 aromatic rings. The quantitative estimate of drug-likeness (QED) is 0.599. The molecule has 74 valence electrons. The van der Waals surface area contributed by atoms with Crippen molar-refractivity contribution in [1.82, 2.24) is 0 Å². The Morgan fingerprint density at radius 2 is 1.62 bits per heavy atom. The summed E-state index contributed by atoms with van der Waals surface area (Å²) in [6, 6.07) is 0. The number of hydrogen-bond donors (Lipinski definition) is 0. The van der Waals surface area contributed by atoms with Crippen LogP contribution in [-0.2, 0) is 4.84 Å². The van der Waals surface area contributed by atoms with Crippen LogP contribution in [0, 0.1) is 0 Å². The van der Waals surface area contributed by atoms with Crippen molar-refractivity contribution in [2.75, 3.05) is 0 Å². The molecule has 2 nitrogen and oxygen atoms in total. The zero-order valence-corrected chi connectivity index (χ0v) is 8.30. The van der Waals surface area contributed by atoms with Gasteiger partial charge in [-0.1, -0.05) is 11.6 Å². The largest absolute Gasteiger partial charge is 0.393 e. The fourth-order valence-electron chi connectivity index (χ4n) is 2.19. The lowest BCUT2D eigenvalue weighted by Crippen LogP contribution is -2.09. The topological polar surface area (TPSA) is 21.6 Å². The van der Waals surface area contributed by atoms with Crippen LogP contribution in [0.25, 0.3) is 0 Å². The van der Waals surface area contributed by atoms with Gasteiger partial charge in [0.2, 0.25) is 0 Å². The lowest BCUT2D eigenvalue weighted by Gasteiger charge is -2.13. The van der Waals surface area contributed by atoms with E-state index in [9.17, 15) is 0 Å². The molecule has 0 unspecified atom stereocenters. The van der Waals surface area contributed by atoms with Crippen molar-refractivity contribution in [1.29, 1.82) is 0 Å². The van der Waals surface area contributed by atoms with Gasteiger partial charge in [0.15, 0.2) is 0 Å². The van der Waals surface area contributed by atoms with Crippen LogP contribution >= 0.6 is 0 Å². The minimum absolute atomic E-state index is 0.439. The molecule has 2 rings (SSSR count). The van der Waals surface area contributed by atoms with E-state index in [-0.39, 0.29) is 0 Å². The van der Waals surface area contributed by atoms with Gasteiger partial charge < -0.3 is 4.84 Å². The molecule has 2 saturated carbocycles. The Morgan fingerprint density at radius 1 is 0.923 bits per heavy atom. The van der Waals surface area contributed by atoms with Crippen LogP contribution in [0.3, 0.4) is 0 Å². The fraction of sp³-hybridized carbons (Fsp3) is 0.909. The predicted octanol–water partition coefficient (Wildman–Crippen LogP) is 3.27. The zero-order valence-electron chi connectivity index (χ0n) is 8.30. The summed E-state index contributed by atoms with van der Waals surface area (Å²) < 4.78 is 0. The van der Waals surface area contributed by atoms with Gasteiger partial charge in [0.05, 0.1) is 5.71 Å². The minimum atomic E-state index is 0.439. The van der Waals surface area contributed by atoms with Crippen molar-refractivity contribution in [3.8, 4) is 0 Å². The summed E-state index contributed by atoms with van der Waals surface area (Å²) in [5, 5.41) is 4.28. The van der Waals surface area contributed by atoms with E-state index < -0.39 is 0 Å². The van der Waals surface area contributed by atoms with Gasteiger partial charge in [0.25, 0.3) is 0 Å². The monoisotopic (exact) mass is 181 g/mol. The molecule has 2 heteroatoms. The molecular formula is C11H19NO. The molecule has 0 aromatic heterocycles. The van der Waals surface area contributed by atoms with Crippen LogP contribution in [0.5, 0.6) is 0 Å². The third kappa shape index (κ3) is 2.71. The molecule has 0 aliphatic heterocycles. The molecule has 2 aliphatic carbocycles. The molecule has 0 atom stereocenters. The molecule has 13 heavy (non-hydrogen) atoms. The van der Waals surface area contributed by atoms with Gasteiger partial charge in [-0.3, -0.25) is 0 Å². The Balaban J connectivity index is 1.74. The van der Waals surface area contributed by atoms with E-state index >= 15 is 0 Å². The summed E-state index contributed by atoms with van der Waals surface area (Å²) in [6.07, 6.45) is 11.9. The van der Waals surface area contributed by atoms with E-state index in [4.69, 9.17) is 4.84 Å². The zero-order chi connectivity index (χ0) is 8.93. The summed E-state index contributed by atoms with van der Waals surface area (Å²) in [6.45, 7) is 0. The van der Waals surface area contributed by atoms with Gasteiger partial charge in [0, 0.05) is 0 Å². The maximum absolute atomic E-state index is 5.53. The van der Waals surface area contributed by atoms with E-state index in [0.717, 1.165) is 0 Å². The van der Waals surface area contributed by atoms with Crippen molar-refractivity contribution in [2.24, 2.45) is 5.16 Å². The third-order valence-corrected chi connectivity index (χ3v) is 3.06. The van der Waals surface area contributed by atoms with E-state index in [0.29, 0.717) is 6.10 Å². The first-order valence-electron chi connectivity index (χ1n) is 5.67. The Kier molecular flexibility index (Phi) is 3.22. The number of hydrogen-bond acceptors (Lipinski definition) is 2. The van der Waals surface area contributed by atoms with Gasteiger partial charge >= 0.3 is 0 Å². The second-order valence-corrected chi connectivity index (χ2v) is 4.23. The van der Waals surface area contributed by atoms with Crippen LogP contribution in [0.2, 0.25) is 0 Å². The molecule has 0 radical (unpaired) electrons. The smallest absolute Gasteiger partial charge is 0.127 e. The lowest BCUT2D eigenvalue weighted by atomic mass is 9.99. The van der Waals surface area contributed by atoms with Crippen molar-refractivity contribution in [3.05, 3.63) is 0 Å². The third-order valence-electron chi connectivity index (χ3n) is 3.06. The molecule has 0 heterocycles. The highest BCUT2D eigenvalue weighted by Gasteiger charge is 2.16. The molecule has 0 bridgehead atoms. The molecule has 0 aromatic carbocycles. The molecule has 0 saturated heterocycles. The van der Waals surface area contributed by atoms with Crippen molar-refractivity contribution in [3.63, 3.8) is 0 Å². The van der Waals surface area contributed by atoms with Crippen LogP contribution in [0.15, 0.2) is 5.16 Å². The number of oxime groups is 1. The summed E-state index contributed by atoms with van der Waals surface area (Å²) in [5.41, 5.74) is 1.30. The average Bonchev–Trinajstić information content (AvgIpc) is 2.69. The predicted molar refractivity (Wildman–Crippen MR) is 53.9 cm³/mol. The first-order chi connectivity index (χ1) is 6.45. The highest BCUT2D eigenvalue weighted by molar-refractivity contribution is 5.84. The SMILES string of the molecule is C1CCC(=NOC2CCCC2)CC1. The molecule has 2 fully saturated rings. The van der Waals surface area contributed by atoms with Gasteiger partial charge in [-0.05, 0) is 51.4 Å². The van der Waals surface area contributed by atoms with Crippen LogP contribution in [0.4, 0.5) is 0 Å². The van der Waals surface area contributed by atoms with Crippen LogP contribution in [-0.4, -0.2) is 11.8 Å². The van der Waals surface area contributed by atoms with Crippen molar-refractivity contribution in [2.45, 2.75) is 63.9 Å². The second-order valence-electron chi connectivity index (χ2n) is 4.23. The van der Waals surface area contributed by atoms with E-state index in [1.54, 1.807) is 0 Å². The highest BCUT2D eigenvalue weighted by atomic mass is 16.6. The maximum Gasteiger partial charge on any atom is 0.127 e. The highest BCUT2D eigenvalue weighted by Crippen LogP contribution is 2.22. The summed E-state index contributed by atoms with van der Waals surface area (Å²) in [5.74, 6) is 0. The van der Waals surface area contributed by atoms with Gasteiger partial charge in [0.1, 0.15) is 6.10 Å². The van der Waals surface area contributed by atoms with Crippen molar-refractivity contribution < 1.29 is 4.84 Å². The van der Waals surface area contributed by atoms with Gasteiger partial charge in [-0.15, -0.1) is 0 Å². The molecule has 0 N–H and O–H groups in total. The standard InChI is InChI=1S/C11H19NO/c1-2-6-10(7-3-1)12-13-11-8-4-5-9-11/h11H,1-9H2. The van der Waals surface area contributed by atoms with Gasteiger partial charge in [-0.25, -0.2) is 0 Å². The number of rotatable bonds is 2. The molecular weight excluding hydrogens is 162 g/mol. The number of nitrogens with zero attached hydrogens (tertiary/aromatic N) is 1. The summed E-state index contributed by atoms with van der Waals surface area (Å²) in [4.78, 5) is 5.53. The maximum atomic E-state index is 5.53. The first-order valence-corrected chi connectivity index (χ1v) is 5.67. The normalized spacial score (nSPS) is 24.8. The lowest BCUT2D eigenvalue weighted by molar-refractivity contribution is 0.0632. The Hall–Kier alpha value is -0.530. The van der Waals surface area contributed by atoms with Crippen LogP contribution in [0.1, 0.15) is 57.8 Å². The van der Waals surface area contributed by atoms with E-state index in [2.05, 4.69) is 5.16 Å². The Bertz CT molecular complexity index is 175. The molecule has 0 spiro atoms. The second kappa shape index (κ2) is 4.64.